The van der Waals surface area contributed by atoms with Crippen LogP contribution in [0.15, 0.2) is 55.2 Å². The molecule has 4 aromatic rings. The van der Waals surface area contributed by atoms with Crippen molar-refractivity contribution in [3.8, 4) is 17.0 Å². The smallest absolute Gasteiger partial charge is 0.433 e. The molecule has 0 aliphatic rings. The van der Waals surface area contributed by atoms with Gasteiger partial charge in [-0.1, -0.05) is 0 Å². The molecule has 0 bridgehead atoms. The Morgan fingerprint density at radius 2 is 1.97 bits per heavy atom. The number of ether oxygens (including phenoxy) is 1. The molecule has 3 heterocycles. The minimum atomic E-state index is -4.69. The van der Waals surface area contributed by atoms with E-state index in [2.05, 4.69) is 20.4 Å². The summed E-state index contributed by atoms with van der Waals surface area (Å²) in [4.78, 5) is 21.0. The van der Waals surface area contributed by atoms with Crippen LogP contribution in [0.5, 0.6) is 5.75 Å². The summed E-state index contributed by atoms with van der Waals surface area (Å²) < 4.78 is 48.9. The number of unbranched alkanes of at least 4 members (excludes halogenated alkanes) is 1. The van der Waals surface area contributed by atoms with Crippen molar-refractivity contribution in [2.75, 3.05) is 13.7 Å². The lowest BCUT2D eigenvalue weighted by Gasteiger charge is -2.12. The maximum atomic E-state index is 13.7. The van der Waals surface area contributed by atoms with Crippen LogP contribution in [-0.2, 0) is 12.7 Å². The van der Waals surface area contributed by atoms with Crippen molar-refractivity contribution in [1.29, 1.82) is 0 Å². The van der Waals surface area contributed by atoms with Gasteiger partial charge in [0.25, 0.3) is 5.91 Å². The second-order valence-corrected chi connectivity index (χ2v) is 7.31. The molecule has 1 N–H and O–H groups in total. The summed E-state index contributed by atoms with van der Waals surface area (Å²) in [6.07, 6.45) is 3.18. The molecule has 0 atom stereocenters. The van der Waals surface area contributed by atoms with Gasteiger partial charge in [-0.3, -0.25) is 4.79 Å². The average Bonchev–Trinajstić information content (AvgIpc) is 3.47. The van der Waals surface area contributed by atoms with Crippen LogP contribution in [0, 0.1) is 0 Å². The lowest BCUT2D eigenvalue weighted by molar-refractivity contribution is -0.142. The number of rotatable bonds is 8. The van der Waals surface area contributed by atoms with Gasteiger partial charge in [0.15, 0.2) is 11.3 Å². The Morgan fingerprint density at radius 1 is 1.18 bits per heavy atom. The van der Waals surface area contributed by atoms with E-state index in [1.165, 1.54) is 7.11 Å². The standard InChI is InChI=1S/C22H21F3N6O2/c1-33-16-6-4-15(5-7-16)18-12-19(22(23,24)25)31-20(29-18)17(13-28-31)21(32)27-8-2-3-10-30-11-9-26-14-30/h4-7,9,11-14H,2-3,8,10H2,1H3,(H,27,32). The maximum Gasteiger partial charge on any atom is 0.433 e. The first-order valence-electron chi connectivity index (χ1n) is 10.2. The number of amides is 1. The number of hydrogen-bond acceptors (Lipinski definition) is 5. The van der Waals surface area contributed by atoms with E-state index in [0.29, 0.717) is 28.8 Å². The number of nitrogens with zero attached hydrogens (tertiary/aromatic N) is 5. The van der Waals surface area contributed by atoms with Crippen LogP contribution in [0.3, 0.4) is 0 Å². The fourth-order valence-electron chi connectivity index (χ4n) is 3.37. The molecule has 0 saturated carbocycles. The zero-order valence-electron chi connectivity index (χ0n) is 17.7. The van der Waals surface area contributed by atoms with Gasteiger partial charge in [0.1, 0.15) is 11.3 Å². The van der Waals surface area contributed by atoms with Gasteiger partial charge in [-0.15, -0.1) is 0 Å². The number of nitrogens with one attached hydrogen (secondary N) is 1. The zero-order chi connectivity index (χ0) is 23.4. The number of carbonyl (C=O) groups excluding carboxylic acids is 1. The zero-order valence-corrected chi connectivity index (χ0v) is 17.7. The monoisotopic (exact) mass is 458 g/mol. The summed E-state index contributed by atoms with van der Waals surface area (Å²) in [5.74, 6) is 0.0356. The lowest BCUT2D eigenvalue weighted by atomic mass is 10.1. The number of carbonyl (C=O) groups is 1. The van der Waals surface area contributed by atoms with Gasteiger partial charge in [0.2, 0.25) is 0 Å². The molecule has 0 radical (unpaired) electrons. The minimum absolute atomic E-state index is 0.0227. The van der Waals surface area contributed by atoms with Crippen LogP contribution in [0.1, 0.15) is 28.9 Å². The summed E-state index contributed by atoms with van der Waals surface area (Å²) in [6, 6.07) is 7.38. The van der Waals surface area contributed by atoms with Gasteiger partial charge < -0.3 is 14.6 Å². The molecule has 8 nitrogen and oxygen atoms in total. The number of benzene rings is 1. The first-order chi connectivity index (χ1) is 15.9. The van der Waals surface area contributed by atoms with Crippen molar-refractivity contribution in [2.45, 2.75) is 25.6 Å². The summed E-state index contributed by atoms with van der Waals surface area (Å²) in [6.45, 7) is 1.13. The number of aromatic nitrogens is 5. The number of fused-ring (bicyclic) bond motifs is 1. The largest absolute Gasteiger partial charge is 0.497 e. The van der Waals surface area contributed by atoms with Crippen LogP contribution in [0.25, 0.3) is 16.9 Å². The van der Waals surface area contributed by atoms with Crippen molar-refractivity contribution in [1.82, 2.24) is 29.5 Å². The summed E-state index contributed by atoms with van der Waals surface area (Å²) in [5.41, 5.74) is -0.669. The van der Waals surface area contributed by atoms with E-state index in [-0.39, 0.29) is 16.9 Å². The van der Waals surface area contributed by atoms with Crippen LogP contribution in [0.4, 0.5) is 13.2 Å². The Bertz CT molecular complexity index is 1230. The molecule has 1 amide bonds. The first kappa shape index (κ1) is 22.3. The highest BCUT2D eigenvalue weighted by Crippen LogP contribution is 2.33. The Balaban J connectivity index is 1.57. The van der Waals surface area contributed by atoms with Crippen molar-refractivity contribution < 1.29 is 22.7 Å². The number of halogens is 3. The van der Waals surface area contributed by atoms with E-state index in [4.69, 9.17) is 4.74 Å². The van der Waals surface area contributed by atoms with Crippen LogP contribution < -0.4 is 10.1 Å². The number of alkyl halides is 3. The Hall–Kier alpha value is -3.89. The fraction of sp³-hybridized carbons (Fsp3) is 0.273. The molecular weight excluding hydrogens is 437 g/mol. The van der Waals surface area contributed by atoms with Crippen LogP contribution in [0.2, 0.25) is 0 Å². The maximum absolute atomic E-state index is 13.7. The van der Waals surface area contributed by atoms with E-state index < -0.39 is 17.8 Å². The van der Waals surface area contributed by atoms with Gasteiger partial charge in [0.05, 0.1) is 25.3 Å². The third kappa shape index (κ3) is 4.97. The normalized spacial score (nSPS) is 11.6. The van der Waals surface area contributed by atoms with Crippen molar-refractivity contribution in [2.24, 2.45) is 0 Å². The number of imidazole rings is 1. The molecule has 1 aromatic carbocycles. The molecule has 0 fully saturated rings. The number of methoxy groups -OCH3 is 1. The average molecular weight is 458 g/mol. The lowest BCUT2D eigenvalue weighted by Crippen LogP contribution is -2.25. The second kappa shape index (κ2) is 9.31. The fourth-order valence-corrected chi connectivity index (χ4v) is 3.37. The van der Waals surface area contributed by atoms with Crippen LogP contribution in [-0.4, -0.2) is 43.7 Å². The van der Waals surface area contributed by atoms with Crippen molar-refractivity contribution >= 4 is 11.6 Å². The van der Waals surface area contributed by atoms with Gasteiger partial charge in [0, 0.05) is 31.0 Å². The van der Waals surface area contributed by atoms with E-state index in [0.717, 1.165) is 25.2 Å². The Labute approximate surface area is 187 Å². The quantitative estimate of drug-likeness (QED) is 0.406. The molecule has 4 rings (SSSR count). The summed E-state index contributed by atoms with van der Waals surface area (Å²) in [5, 5.41) is 6.52. The van der Waals surface area contributed by atoms with Gasteiger partial charge in [-0.25, -0.2) is 14.5 Å². The number of hydrogen-bond donors (Lipinski definition) is 1. The molecular formula is C22H21F3N6O2. The van der Waals surface area contributed by atoms with Gasteiger partial charge in [-0.2, -0.15) is 18.3 Å². The molecule has 11 heteroatoms. The van der Waals surface area contributed by atoms with Crippen molar-refractivity contribution in [3.05, 3.63) is 66.5 Å². The third-order valence-corrected chi connectivity index (χ3v) is 5.08. The van der Waals surface area contributed by atoms with Gasteiger partial charge >= 0.3 is 6.18 Å². The van der Waals surface area contributed by atoms with E-state index >= 15 is 0 Å². The molecule has 0 spiro atoms. The number of aryl methyl sites for hydroxylation is 1. The second-order valence-electron chi connectivity index (χ2n) is 7.31. The molecule has 172 valence electrons. The Kier molecular flexibility index (Phi) is 6.29. The SMILES string of the molecule is COc1ccc(-c2cc(C(F)(F)F)n3ncc(C(=O)NCCCCn4ccnc4)c3n2)cc1. The van der Waals surface area contributed by atoms with Crippen molar-refractivity contribution in [3.63, 3.8) is 0 Å². The molecule has 0 aliphatic heterocycles. The Morgan fingerprint density at radius 3 is 2.64 bits per heavy atom. The third-order valence-electron chi connectivity index (χ3n) is 5.08. The minimum Gasteiger partial charge on any atom is -0.497 e. The summed E-state index contributed by atoms with van der Waals surface area (Å²) >= 11 is 0. The molecule has 0 saturated heterocycles. The molecule has 0 unspecified atom stereocenters. The molecule has 3 aromatic heterocycles. The topological polar surface area (TPSA) is 86.3 Å². The van der Waals surface area contributed by atoms with E-state index in [1.807, 2.05) is 10.8 Å². The highest BCUT2D eigenvalue weighted by atomic mass is 19.4. The predicted molar refractivity (Wildman–Crippen MR) is 114 cm³/mol. The predicted octanol–water partition coefficient (Wildman–Crippen LogP) is 3.83. The van der Waals surface area contributed by atoms with Gasteiger partial charge in [-0.05, 0) is 43.2 Å². The highest BCUT2D eigenvalue weighted by molar-refractivity contribution is 5.99. The highest BCUT2D eigenvalue weighted by Gasteiger charge is 2.36. The summed E-state index contributed by atoms with van der Waals surface area (Å²) in [7, 11) is 1.50. The van der Waals surface area contributed by atoms with E-state index in [9.17, 15) is 18.0 Å². The molecule has 0 aliphatic carbocycles. The first-order valence-corrected chi connectivity index (χ1v) is 10.2. The molecule has 33 heavy (non-hydrogen) atoms. The van der Waals surface area contributed by atoms with Crippen LogP contribution >= 0.6 is 0 Å². The van der Waals surface area contributed by atoms with E-state index in [1.54, 1.807) is 36.8 Å².